The standard InChI is InChI=1S/C25H34N4O4/c1-25(2,3)18-7-9-19(10-8-18)29(24(32)21-14-20(30)16-28-21)22(17-6-5-11-26-15-17)23(31)27-12-13-33-4/h5-11,15,20-22,28,30H,12-14,16H2,1-4H3,(H,27,31)/t20-,21-,22?/m1/s1. The first kappa shape index (κ1) is 24.8. The first-order chi connectivity index (χ1) is 15.7. The Bertz CT molecular complexity index is 928. The Morgan fingerprint density at radius 3 is 2.55 bits per heavy atom. The number of rotatable bonds is 8. The average molecular weight is 455 g/mol. The van der Waals surface area contributed by atoms with Gasteiger partial charge in [-0.2, -0.15) is 0 Å². The van der Waals surface area contributed by atoms with E-state index < -0.39 is 18.2 Å². The minimum atomic E-state index is -0.928. The van der Waals surface area contributed by atoms with E-state index in [2.05, 4.69) is 36.4 Å². The highest BCUT2D eigenvalue weighted by molar-refractivity contribution is 6.03. The van der Waals surface area contributed by atoms with Crippen molar-refractivity contribution in [1.82, 2.24) is 15.6 Å². The van der Waals surface area contributed by atoms with Gasteiger partial charge < -0.3 is 20.5 Å². The molecular formula is C25H34N4O4. The van der Waals surface area contributed by atoms with Crippen LogP contribution in [0.5, 0.6) is 0 Å². The third-order valence-corrected chi connectivity index (χ3v) is 5.77. The number of ether oxygens (including phenoxy) is 1. The van der Waals surface area contributed by atoms with E-state index in [0.29, 0.717) is 37.4 Å². The number of nitrogens with one attached hydrogen (secondary N) is 2. The van der Waals surface area contributed by atoms with Crippen molar-refractivity contribution >= 4 is 17.5 Å². The lowest BCUT2D eigenvalue weighted by molar-refractivity contribution is -0.127. The molecule has 1 aromatic carbocycles. The van der Waals surface area contributed by atoms with E-state index in [1.807, 2.05) is 24.3 Å². The number of amides is 2. The number of aromatic nitrogens is 1. The Balaban J connectivity index is 2.05. The maximum atomic E-state index is 13.7. The van der Waals surface area contributed by atoms with E-state index in [4.69, 9.17) is 4.74 Å². The maximum absolute atomic E-state index is 13.7. The van der Waals surface area contributed by atoms with Gasteiger partial charge in [0.05, 0.1) is 18.8 Å². The number of carbonyl (C=O) groups is 2. The number of aliphatic hydroxyl groups is 1. The van der Waals surface area contributed by atoms with Gasteiger partial charge in [0.15, 0.2) is 0 Å². The second-order valence-corrected chi connectivity index (χ2v) is 9.33. The van der Waals surface area contributed by atoms with E-state index in [9.17, 15) is 14.7 Å². The zero-order valence-electron chi connectivity index (χ0n) is 19.7. The predicted molar refractivity (Wildman–Crippen MR) is 127 cm³/mol. The molecule has 1 fully saturated rings. The maximum Gasteiger partial charge on any atom is 0.247 e. The van der Waals surface area contributed by atoms with Gasteiger partial charge in [-0.3, -0.25) is 19.5 Å². The molecule has 8 heteroatoms. The number of β-amino-alcohol motifs (C(OH)–C–C–N with tert-alkyl or cyclic N) is 1. The molecule has 0 spiro atoms. The monoisotopic (exact) mass is 454 g/mol. The fraction of sp³-hybridized carbons (Fsp3) is 0.480. The first-order valence-corrected chi connectivity index (χ1v) is 11.2. The first-order valence-electron chi connectivity index (χ1n) is 11.2. The van der Waals surface area contributed by atoms with Gasteiger partial charge in [0, 0.05) is 43.8 Å². The van der Waals surface area contributed by atoms with Crippen LogP contribution in [-0.4, -0.2) is 60.9 Å². The summed E-state index contributed by atoms with van der Waals surface area (Å²) in [5.74, 6) is -0.599. The molecule has 2 heterocycles. The quantitative estimate of drug-likeness (QED) is 0.527. The van der Waals surface area contributed by atoms with E-state index in [-0.39, 0.29) is 17.2 Å². The van der Waals surface area contributed by atoms with Crippen LogP contribution in [0.3, 0.4) is 0 Å². The molecule has 1 aromatic heterocycles. The van der Waals surface area contributed by atoms with Crippen LogP contribution in [0.4, 0.5) is 5.69 Å². The largest absolute Gasteiger partial charge is 0.392 e. The van der Waals surface area contributed by atoms with E-state index in [1.165, 1.54) is 4.90 Å². The van der Waals surface area contributed by atoms with Crippen molar-refractivity contribution in [2.75, 3.05) is 31.7 Å². The van der Waals surface area contributed by atoms with Crippen LogP contribution in [0.1, 0.15) is 44.4 Å². The highest BCUT2D eigenvalue weighted by atomic mass is 16.5. The van der Waals surface area contributed by atoms with Gasteiger partial charge in [-0.15, -0.1) is 0 Å². The number of hydrogen-bond acceptors (Lipinski definition) is 6. The summed E-state index contributed by atoms with van der Waals surface area (Å²) in [5, 5.41) is 15.9. The number of anilines is 1. The number of aliphatic hydroxyl groups excluding tert-OH is 1. The van der Waals surface area contributed by atoms with Crippen LogP contribution < -0.4 is 15.5 Å². The number of nitrogens with zero attached hydrogens (tertiary/aromatic N) is 2. The molecule has 0 bridgehead atoms. The topological polar surface area (TPSA) is 104 Å². The van der Waals surface area contributed by atoms with Crippen molar-refractivity contribution < 1.29 is 19.4 Å². The number of carbonyl (C=O) groups excluding carboxylic acids is 2. The van der Waals surface area contributed by atoms with E-state index in [0.717, 1.165) is 5.56 Å². The normalized spacial score (nSPS) is 19.2. The summed E-state index contributed by atoms with van der Waals surface area (Å²) in [7, 11) is 1.56. The number of benzene rings is 1. The Morgan fingerprint density at radius 1 is 1.27 bits per heavy atom. The molecule has 0 radical (unpaired) electrons. The summed E-state index contributed by atoms with van der Waals surface area (Å²) in [5.41, 5.74) is 2.27. The van der Waals surface area contributed by atoms with Crippen LogP contribution in [0.2, 0.25) is 0 Å². The zero-order chi connectivity index (χ0) is 24.0. The highest BCUT2D eigenvalue weighted by Crippen LogP contribution is 2.32. The lowest BCUT2D eigenvalue weighted by Crippen LogP contribution is -2.50. The molecule has 2 aromatic rings. The van der Waals surface area contributed by atoms with Crippen molar-refractivity contribution in [3.05, 3.63) is 59.9 Å². The second kappa shape index (κ2) is 10.9. The molecular weight excluding hydrogens is 420 g/mol. The summed E-state index contributed by atoms with van der Waals surface area (Å²) in [6.45, 7) is 7.38. The Hall–Kier alpha value is -2.81. The van der Waals surface area contributed by atoms with Crippen molar-refractivity contribution in [3.63, 3.8) is 0 Å². The fourth-order valence-electron chi connectivity index (χ4n) is 3.93. The predicted octanol–water partition coefficient (Wildman–Crippen LogP) is 1.94. The summed E-state index contributed by atoms with van der Waals surface area (Å²) in [6.07, 6.45) is 2.92. The summed E-state index contributed by atoms with van der Waals surface area (Å²) in [6, 6.07) is 9.72. The molecule has 33 heavy (non-hydrogen) atoms. The Kier molecular flexibility index (Phi) is 8.18. The highest BCUT2D eigenvalue weighted by Gasteiger charge is 2.39. The number of methoxy groups -OCH3 is 1. The smallest absolute Gasteiger partial charge is 0.247 e. The van der Waals surface area contributed by atoms with Gasteiger partial charge in [0.2, 0.25) is 11.8 Å². The van der Waals surface area contributed by atoms with Crippen molar-refractivity contribution in [2.45, 2.75) is 50.8 Å². The summed E-state index contributed by atoms with van der Waals surface area (Å²) < 4.78 is 5.06. The average Bonchev–Trinajstić information content (AvgIpc) is 3.23. The van der Waals surface area contributed by atoms with Gasteiger partial charge in [-0.25, -0.2) is 0 Å². The van der Waals surface area contributed by atoms with Gasteiger partial charge in [-0.05, 0) is 35.6 Å². The molecule has 1 aliphatic heterocycles. The second-order valence-electron chi connectivity index (χ2n) is 9.33. The molecule has 8 nitrogen and oxygen atoms in total. The number of pyridine rings is 1. The van der Waals surface area contributed by atoms with Gasteiger partial charge in [0.1, 0.15) is 6.04 Å². The molecule has 1 aliphatic rings. The minimum absolute atomic E-state index is 0.0508. The Morgan fingerprint density at radius 2 is 2.00 bits per heavy atom. The third kappa shape index (κ3) is 6.16. The summed E-state index contributed by atoms with van der Waals surface area (Å²) in [4.78, 5) is 32.8. The molecule has 0 aliphatic carbocycles. The molecule has 3 rings (SSSR count). The van der Waals surface area contributed by atoms with Crippen LogP contribution in [0.25, 0.3) is 0 Å². The zero-order valence-corrected chi connectivity index (χ0v) is 19.7. The molecule has 1 unspecified atom stereocenters. The van der Waals surface area contributed by atoms with E-state index >= 15 is 0 Å². The summed E-state index contributed by atoms with van der Waals surface area (Å²) >= 11 is 0. The molecule has 2 amide bonds. The Labute approximate surface area is 195 Å². The van der Waals surface area contributed by atoms with Gasteiger partial charge in [0.25, 0.3) is 0 Å². The minimum Gasteiger partial charge on any atom is -0.392 e. The molecule has 3 atom stereocenters. The number of hydrogen-bond donors (Lipinski definition) is 3. The molecule has 1 saturated heterocycles. The van der Waals surface area contributed by atoms with Crippen LogP contribution in [0, 0.1) is 0 Å². The van der Waals surface area contributed by atoms with E-state index in [1.54, 1.807) is 31.6 Å². The van der Waals surface area contributed by atoms with Crippen molar-refractivity contribution in [3.8, 4) is 0 Å². The van der Waals surface area contributed by atoms with Crippen LogP contribution >= 0.6 is 0 Å². The fourth-order valence-corrected chi connectivity index (χ4v) is 3.93. The van der Waals surface area contributed by atoms with Gasteiger partial charge >= 0.3 is 0 Å². The molecule has 178 valence electrons. The third-order valence-electron chi connectivity index (χ3n) is 5.77. The van der Waals surface area contributed by atoms with Crippen LogP contribution in [0.15, 0.2) is 48.8 Å². The van der Waals surface area contributed by atoms with Crippen molar-refractivity contribution in [2.24, 2.45) is 0 Å². The van der Waals surface area contributed by atoms with Crippen LogP contribution in [-0.2, 0) is 19.7 Å². The lowest BCUT2D eigenvalue weighted by Gasteiger charge is -2.33. The molecule has 0 saturated carbocycles. The van der Waals surface area contributed by atoms with Gasteiger partial charge in [-0.1, -0.05) is 39.0 Å². The lowest BCUT2D eigenvalue weighted by atomic mass is 9.87. The SMILES string of the molecule is COCCNC(=O)C(c1cccnc1)N(C(=O)[C@H]1C[C@@H](O)CN1)c1ccc(C(C)(C)C)cc1. The molecule has 3 N–H and O–H groups in total. The van der Waals surface area contributed by atoms with Crippen molar-refractivity contribution in [1.29, 1.82) is 0 Å².